The van der Waals surface area contributed by atoms with Crippen LogP contribution in [0.5, 0.6) is 11.5 Å². The Morgan fingerprint density at radius 3 is 2.81 bits per heavy atom. The topological polar surface area (TPSA) is 69.1 Å². The van der Waals surface area contributed by atoms with Crippen LogP contribution >= 0.6 is 11.3 Å². The molecule has 0 atom stereocenters. The monoisotopic (exact) mass is 388 g/mol. The predicted octanol–water partition coefficient (Wildman–Crippen LogP) is 3.19. The Bertz CT molecular complexity index is 740. The lowest BCUT2D eigenvalue weighted by Crippen LogP contribution is -2.48. The van der Waals surface area contributed by atoms with Crippen LogP contribution in [0.25, 0.3) is 0 Å². The van der Waals surface area contributed by atoms with Crippen LogP contribution in [-0.4, -0.2) is 43.9 Å². The standard InChI is InChI=1S/C20H28N4O2S/c1-3-21-20(22-14-15-13-17(26-2)6-7-18(15)25)23-16-8-10-24(11-9-16)19-5-4-12-27-19/h4-7,12-13,16,25H,3,8-11,14H2,1-2H3,(H2,21,22,23). The number of aliphatic imine (C=N–C) groups is 1. The Morgan fingerprint density at radius 2 is 2.15 bits per heavy atom. The molecule has 7 heteroatoms. The van der Waals surface area contributed by atoms with Gasteiger partial charge >= 0.3 is 0 Å². The van der Waals surface area contributed by atoms with Crippen molar-refractivity contribution in [1.29, 1.82) is 0 Å². The third-order valence-electron chi connectivity index (χ3n) is 4.69. The summed E-state index contributed by atoms with van der Waals surface area (Å²) in [6.07, 6.45) is 2.15. The second-order valence-corrected chi connectivity index (χ2v) is 7.47. The molecule has 1 aromatic carbocycles. The lowest BCUT2D eigenvalue weighted by molar-refractivity contribution is 0.411. The van der Waals surface area contributed by atoms with E-state index in [1.807, 2.05) is 6.07 Å². The SMILES string of the molecule is CCNC(=NCc1cc(OC)ccc1O)NC1CCN(c2cccs2)CC1. The van der Waals surface area contributed by atoms with Gasteiger partial charge in [-0.25, -0.2) is 4.99 Å². The number of anilines is 1. The molecule has 0 aliphatic carbocycles. The van der Waals surface area contributed by atoms with Crippen molar-refractivity contribution in [2.45, 2.75) is 32.4 Å². The molecule has 2 aromatic rings. The molecular weight excluding hydrogens is 360 g/mol. The van der Waals surface area contributed by atoms with Gasteiger partial charge in [-0.05, 0) is 55.5 Å². The lowest BCUT2D eigenvalue weighted by atomic mass is 10.1. The van der Waals surface area contributed by atoms with Crippen molar-refractivity contribution in [3.8, 4) is 11.5 Å². The average Bonchev–Trinajstić information content (AvgIpc) is 3.23. The molecule has 146 valence electrons. The van der Waals surface area contributed by atoms with Gasteiger partial charge in [-0.15, -0.1) is 11.3 Å². The van der Waals surface area contributed by atoms with Gasteiger partial charge in [-0.2, -0.15) is 0 Å². The van der Waals surface area contributed by atoms with Gasteiger partial charge in [0.05, 0.1) is 18.7 Å². The Labute approximate surface area is 164 Å². The normalized spacial score (nSPS) is 15.6. The van der Waals surface area contributed by atoms with E-state index in [2.05, 4.69) is 45.0 Å². The Balaban J connectivity index is 1.58. The van der Waals surface area contributed by atoms with Gasteiger partial charge in [0.15, 0.2) is 5.96 Å². The first-order valence-corrected chi connectivity index (χ1v) is 10.3. The number of phenolic OH excluding ortho intramolecular Hbond substituents is 1. The fourth-order valence-electron chi connectivity index (χ4n) is 3.19. The molecule has 3 rings (SSSR count). The second-order valence-electron chi connectivity index (χ2n) is 6.55. The number of hydrogen-bond donors (Lipinski definition) is 3. The molecule has 0 spiro atoms. The van der Waals surface area contributed by atoms with Crippen LogP contribution in [0.3, 0.4) is 0 Å². The van der Waals surface area contributed by atoms with E-state index in [1.54, 1.807) is 30.6 Å². The van der Waals surface area contributed by atoms with Crippen LogP contribution in [0.4, 0.5) is 5.00 Å². The first kappa shape index (κ1) is 19.4. The number of rotatable bonds is 6. The number of methoxy groups -OCH3 is 1. The molecule has 0 unspecified atom stereocenters. The summed E-state index contributed by atoms with van der Waals surface area (Å²) >= 11 is 1.80. The molecule has 0 bridgehead atoms. The minimum absolute atomic E-state index is 0.236. The van der Waals surface area contributed by atoms with Crippen LogP contribution in [0.1, 0.15) is 25.3 Å². The molecule has 1 aliphatic heterocycles. The summed E-state index contributed by atoms with van der Waals surface area (Å²) in [6.45, 7) is 5.35. The first-order valence-electron chi connectivity index (χ1n) is 9.38. The van der Waals surface area contributed by atoms with E-state index in [4.69, 9.17) is 4.74 Å². The van der Waals surface area contributed by atoms with E-state index in [9.17, 15) is 5.11 Å². The molecular formula is C20H28N4O2S. The maximum Gasteiger partial charge on any atom is 0.191 e. The van der Waals surface area contributed by atoms with Gasteiger partial charge in [0.25, 0.3) is 0 Å². The lowest BCUT2D eigenvalue weighted by Gasteiger charge is -2.33. The number of phenols is 1. The van der Waals surface area contributed by atoms with Crippen molar-refractivity contribution in [1.82, 2.24) is 10.6 Å². The smallest absolute Gasteiger partial charge is 0.191 e. The van der Waals surface area contributed by atoms with E-state index < -0.39 is 0 Å². The molecule has 1 aliphatic rings. The maximum atomic E-state index is 10.0. The molecule has 0 amide bonds. The van der Waals surface area contributed by atoms with Gasteiger partial charge in [0.1, 0.15) is 11.5 Å². The number of ether oxygens (including phenoxy) is 1. The summed E-state index contributed by atoms with van der Waals surface area (Å²) in [5.41, 5.74) is 0.749. The molecule has 3 N–H and O–H groups in total. The second kappa shape index (κ2) is 9.50. The summed E-state index contributed by atoms with van der Waals surface area (Å²) in [5.74, 6) is 1.74. The Morgan fingerprint density at radius 1 is 1.33 bits per heavy atom. The van der Waals surface area contributed by atoms with Gasteiger partial charge in [-0.3, -0.25) is 0 Å². The number of nitrogens with one attached hydrogen (secondary N) is 2. The van der Waals surface area contributed by atoms with Crippen molar-refractivity contribution in [2.75, 3.05) is 31.6 Å². The van der Waals surface area contributed by atoms with Gasteiger partial charge < -0.3 is 25.4 Å². The van der Waals surface area contributed by atoms with E-state index >= 15 is 0 Å². The fraction of sp³-hybridized carbons (Fsp3) is 0.450. The van der Waals surface area contributed by atoms with Gasteiger partial charge in [0, 0.05) is 31.2 Å². The van der Waals surface area contributed by atoms with Crippen LogP contribution < -0.4 is 20.3 Å². The summed E-state index contributed by atoms with van der Waals surface area (Å²) < 4.78 is 5.23. The summed E-state index contributed by atoms with van der Waals surface area (Å²) in [6, 6.07) is 9.90. The van der Waals surface area contributed by atoms with Crippen molar-refractivity contribution < 1.29 is 9.84 Å². The molecule has 1 aromatic heterocycles. The minimum Gasteiger partial charge on any atom is -0.508 e. The molecule has 0 radical (unpaired) electrons. The zero-order valence-corrected chi connectivity index (χ0v) is 16.8. The number of hydrogen-bond acceptors (Lipinski definition) is 5. The van der Waals surface area contributed by atoms with Crippen molar-refractivity contribution >= 4 is 22.3 Å². The summed E-state index contributed by atoms with van der Waals surface area (Å²) in [7, 11) is 1.62. The largest absolute Gasteiger partial charge is 0.508 e. The van der Waals surface area contributed by atoms with Crippen LogP contribution in [0, 0.1) is 0 Å². The fourth-order valence-corrected chi connectivity index (χ4v) is 3.97. The maximum absolute atomic E-state index is 10.0. The van der Waals surface area contributed by atoms with E-state index in [1.165, 1.54) is 5.00 Å². The third kappa shape index (κ3) is 5.29. The third-order valence-corrected chi connectivity index (χ3v) is 5.62. The minimum atomic E-state index is 0.236. The summed E-state index contributed by atoms with van der Waals surface area (Å²) in [4.78, 5) is 7.10. The number of piperidine rings is 1. The zero-order valence-electron chi connectivity index (χ0n) is 15.9. The first-order chi connectivity index (χ1) is 13.2. The van der Waals surface area contributed by atoms with E-state index in [-0.39, 0.29) is 5.75 Å². The zero-order chi connectivity index (χ0) is 19.1. The highest BCUT2D eigenvalue weighted by atomic mass is 32.1. The Hall–Kier alpha value is -2.41. The Kier molecular flexibility index (Phi) is 6.81. The number of thiophene rings is 1. The van der Waals surface area contributed by atoms with E-state index in [0.29, 0.717) is 12.6 Å². The number of benzene rings is 1. The highest BCUT2D eigenvalue weighted by Crippen LogP contribution is 2.25. The summed E-state index contributed by atoms with van der Waals surface area (Å²) in [5, 5.41) is 20.4. The molecule has 6 nitrogen and oxygen atoms in total. The number of guanidine groups is 1. The number of aromatic hydroxyl groups is 1. The molecule has 2 heterocycles. The van der Waals surface area contributed by atoms with Crippen molar-refractivity contribution in [3.05, 3.63) is 41.3 Å². The van der Waals surface area contributed by atoms with Crippen molar-refractivity contribution in [2.24, 2.45) is 4.99 Å². The van der Waals surface area contributed by atoms with Crippen LogP contribution in [0.15, 0.2) is 40.7 Å². The van der Waals surface area contributed by atoms with Gasteiger partial charge in [0.2, 0.25) is 0 Å². The van der Waals surface area contributed by atoms with Gasteiger partial charge in [-0.1, -0.05) is 0 Å². The predicted molar refractivity (Wildman–Crippen MR) is 112 cm³/mol. The highest BCUT2D eigenvalue weighted by molar-refractivity contribution is 7.14. The quantitative estimate of drug-likeness (QED) is 0.524. The van der Waals surface area contributed by atoms with Crippen molar-refractivity contribution in [3.63, 3.8) is 0 Å². The average molecular weight is 389 g/mol. The van der Waals surface area contributed by atoms with E-state index in [0.717, 1.165) is 49.7 Å². The highest BCUT2D eigenvalue weighted by Gasteiger charge is 2.20. The molecule has 27 heavy (non-hydrogen) atoms. The molecule has 1 fully saturated rings. The van der Waals surface area contributed by atoms with Crippen LogP contribution in [0.2, 0.25) is 0 Å². The number of nitrogens with zero attached hydrogens (tertiary/aromatic N) is 2. The molecule has 0 saturated carbocycles. The van der Waals surface area contributed by atoms with Crippen LogP contribution in [-0.2, 0) is 6.54 Å². The molecule has 1 saturated heterocycles.